The average molecular weight is 357 g/mol. The van der Waals surface area contributed by atoms with E-state index in [1.807, 2.05) is 12.1 Å². The Morgan fingerprint density at radius 1 is 1.19 bits per heavy atom. The molecule has 0 bridgehead atoms. The molecule has 26 heavy (non-hydrogen) atoms. The van der Waals surface area contributed by atoms with Gasteiger partial charge in [0.2, 0.25) is 11.9 Å². The molecule has 0 spiro atoms. The van der Waals surface area contributed by atoms with E-state index in [2.05, 4.69) is 10.3 Å². The van der Waals surface area contributed by atoms with Gasteiger partial charge in [0.1, 0.15) is 5.75 Å². The molecule has 1 aromatic carbocycles. The van der Waals surface area contributed by atoms with Crippen LogP contribution < -0.4 is 10.1 Å². The summed E-state index contributed by atoms with van der Waals surface area (Å²) in [5, 5.41) is 2.89. The number of amides is 2. The van der Waals surface area contributed by atoms with Gasteiger partial charge in [0, 0.05) is 25.2 Å². The van der Waals surface area contributed by atoms with E-state index in [0.717, 1.165) is 0 Å². The number of rotatable bonds is 4. The van der Waals surface area contributed by atoms with E-state index in [-0.39, 0.29) is 17.7 Å². The molecule has 0 saturated carbocycles. The minimum Gasteiger partial charge on any atom is -0.495 e. The van der Waals surface area contributed by atoms with Crippen LogP contribution in [-0.4, -0.2) is 41.9 Å². The number of hydrogen-bond donors (Lipinski definition) is 1. The normalized spacial score (nSPS) is 14.8. The molecule has 6 nitrogen and oxygen atoms in total. The quantitative estimate of drug-likeness (QED) is 0.854. The largest absolute Gasteiger partial charge is 0.495 e. The molecule has 2 aromatic rings. The van der Waals surface area contributed by atoms with Gasteiger partial charge in [-0.25, -0.2) is 4.98 Å². The molecule has 0 aliphatic carbocycles. The van der Waals surface area contributed by atoms with Crippen molar-refractivity contribution in [2.24, 2.45) is 5.92 Å². The van der Waals surface area contributed by atoms with Crippen LogP contribution in [0.2, 0.25) is 0 Å². The van der Waals surface area contributed by atoms with Crippen LogP contribution in [0, 0.1) is 11.9 Å². The maximum absolute atomic E-state index is 12.9. The van der Waals surface area contributed by atoms with Gasteiger partial charge in [-0.2, -0.15) is 4.39 Å². The molecule has 3 rings (SSSR count). The summed E-state index contributed by atoms with van der Waals surface area (Å²) in [6, 6.07) is 9.83. The van der Waals surface area contributed by atoms with Crippen LogP contribution in [0.4, 0.5) is 10.1 Å². The highest BCUT2D eigenvalue weighted by Gasteiger charge is 2.28. The number of para-hydroxylation sites is 2. The Balaban J connectivity index is 1.57. The monoisotopic (exact) mass is 357 g/mol. The topological polar surface area (TPSA) is 71.5 Å². The predicted octanol–water partition coefficient (Wildman–Crippen LogP) is 2.72. The number of nitrogens with one attached hydrogen (secondary N) is 1. The number of benzene rings is 1. The molecule has 0 atom stereocenters. The highest BCUT2D eigenvalue weighted by molar-refractivity contribution is 5.95. The first-order chi connectivity index (χ1) is 12.6. The van der Waals surface area contributed by atoms with Gasteiger partial charge in [-0.05, 0) is 37.1 Å². The minimum absolute atomic E-state index is 0.0787. The van der Waals surface area contributed by atoms with Crippen LogP contribution in [0.15, 0.2) is 42.6 Å². The summed E-state index contributed by atoms with van der Waals surface area (Å²) in [5.74, 6) is -0.452. The summed E-state index contributed by atoms with van der Waals surface area (Å²) < 4.78 is 18.1. The maximum atomic E-state index is 12.9. The number of ether oxygens (including phenoxy) is 1. The number of likely N-dealkylation sites (tertiary alicyclic amines) is 1. The highest BCUT2D eigenvalue weighted by atomic mass is 19.1. The van der Waals surface area contributed by atoms with Crippen molar-refractivity contribution in [3.05, 3.63) is 54.1 Å². The van der Waals surface area contributed by atoms with Crippen molar-refractivity contribution >= 4 is 17.5 Å². The number of methoxy groups -OCH3 is 1. The second-order valence-electron chi connectivity index (χ2n) is 6.13. The average Bonchev–Trinajstić information content (AvgIpc) is 2.68. The summed E-state index contributed by atoms with van der Waals surface area (Å²) in [5.41, 5.74) is 0.985. The number of piperidine rings is 1. The molecular weight excluding hydrogens is 337 g/mol. The maximum Gasteiger partial charge on any atom is 0.255 e. The van der Waals surface area contributed by atoms with Crippen molar-refractivity contribution in [2.45, 2.75) is 12.8 Å². The zero-order valence-corrected chi connectivity index (χ0v) is 14.4. The van der Waals surface area contributed by atoms with Gasteiger partial charge >= 0.3 is 0 Å². The molecule has 1 N–H and O–H groups in total. The highest BCUT2D eigenvalue weighted by Crippen LogP contribution is 2.26. The number of hydrogen-bond acceptors (Lipinski definition) is 4. The fraction of sp³-hybridized carbons (Fsp3) is 0.316. The zero-order valence-electron chi connectivity index (χ0n) is 14.4. The zero-order chi connectivity index (χ0) is 18.5. The molecule has 0 radical (unpaired) electrons. The molecule has 1 aromatic heterocycles. The van der Waals surface area contributed by atoms with E-state index >= 15 is 0 Å². The number of carbonyl (C=O) groups is 2. The first kappa shape index (κ1) is 17.8. The lowest BCUT2D eigenvalue weighted by molar-refractivity contribution is -0.121. The van der Waals surface area contributed by atoms with E-state index < -0.39 is 5.95 Å². The van der Waals surface area contributed by atoms with Gasteiger partial charge < -0.3 is 15.0 Å². The van der Waals surface area contributed by atoms with Gasteiger partial charge in [-0.1, -0.05) is 12.1 Å². The predicted molar refractivity (Wildman–Crippen MR) is 94.4 cm³/mol. The Kier molecular flexibility index (Phi) is 5.46. The number of anilines is 1. The Labute approximate surface area is 151 Å². The van der Waals surface area contributed by atoms with E-state index in [9.17, 15) is 14.0 Å². The molecule has 0 unspecified atom stereocenters. The van der Waals surface area contributed by atoms with Crippen LogP contribution in [0.25, 0.3) is 0 Å². The van der Waals surface area contributed by atoms with Gasteiger partial charge in [0.15, 0.2) is 0 Å². The summed E-state index contributed by atoms with van der Waals surface area (Å²) >= 11 is 0. The SMILES string of the molecule is COc1ccccc1NC(=O)C1CCN(C(=O)c2ccc(F)nc2)CC1. The van der Waals surface area contributed by atoms with E-state index in [1.54, 1.807) is 24.1 Å². The Hall–Kier alpha value is -2.96. The number of halogens is 1. The Morgan fingerprint density at radius 2 is 1.92 bits per heavy atom. The van der Waals surface area contributed by atoms with Gasteiger partial charge in [0.25, 0.3) is 5.91 Å². The lowest BCUT2D eigenvalue weighted by Crippen LogP contribution is -2.41. The van der Waals surface area contributed by atoms with Crippen molar-refractivity contribution in [3.8, 4) is 5.75 Å². The fourth-order valence-electron chi connectivity index (χ4n) is 3.01. The fourth-order valence-corrected chi connectivity index (χ4v) is 3.01. The van der Waals surface area contributed by atoms with E-state index in [1.165, 1.54) is 18.3 Å². The van der Waals surface area contributed by atoms with Gasteiger partial charge in [0.05, 0.1) is 18.4 Å². The third-order valence-corrected chi connectivity index (χ3v) is 4.49. The summed E-state index contributed by atoms with van der Waals surface area (Å²) in [6.07, 6.45) is 2.38. The minimum atomic E-state index is -0.617. The standard InChI is InChI=1S/C19H20FN3O3/c1-26-16-5-3-2-4-15(16)22-18(24)13-8-10-23(11-9-13)19(25)14-6-7-17(20)21-12-14/h2-7,12-13H,8-11H2,1H3,(H,22,24). The summed E-state index contributed by atoms with van der Waals surface area (Å²) in [6.45, 7) is 0.945. The van der Waals surface area contributed by atoms with Crippen LogP contribution in [-0.2, 0) is 4.79 Å². The number of nitrogens with zero attached hydrogens (tertiary/aromatic N) is 2. The number of aromatic nitrogens is 1. The second-order valence-corrected chi connectivity index (χ2v) is 6.13. The first-order valence-electron chi connectivity index (χ1n) is 8.43. The van der Waals surface area contributed by atoms with Crippen molar-refractivity contribution < 1.29 is 18.7 Å². The molecule has 1 fully saturated rings. The third-order valence-electron chi connectivity index (χ3n) is 4.49. The summed E-state index contributed by atoms with van der Waals surface area (Å²) in [7, 11) is 1.55. The van der Waals surface area contributed by atoms with Crippen molar-refractivity contribution in [2.75, 3.05) is 25.5 Å². The van der Waals surface area contributed by atoms with Crippen molar-refractivity contribution in [1.29, 1.82) is 0 Å². The van der Waals surface area contributed by atoms with Crippen molar-refractivity contribution in [1.82, 2.24) is 9.88 Å². The Morgan fingerprint density at radius 3 is 2.58 bits per heavy atom. The van der Waals surface area contributed by atoms with Crippen molar-refractivity contribution in [3.63, 3.8) is 0 Å². The second kappa shape index (κ2) is 7.95. The lowest BCUT2D eigenvalue weighted by atomic mass is 9.95. The Bertz CT molecular complexity index is 787. The third kappa shape index (κ3) is 3.99. The molecule has 7 heteroatoms. The van der Waals surface area contributed by atoms with E-state index in [4.69, 9.17) is 4.74 Å². The molecule has 1 aliphatic heterocycles. The molecule has 136 valence electrons. The smallest absolute Gasteiger partial charge is 0.255 e. The molecule has 1 aliphatic rings. The lowest BCUT2D eigenvalue weighted by Gasteiger charge is -2.31. The van der Waals surface area contributed by atoms with Crippen LogP contribution in [0.1, 0.15) is 23.2 Å². The molecule has 1 saturated heterocycles. The first-order valence-corrected chi connectivity index (χ1v) is 8.43. The molecule has 2 amide bonds. The molecular formula is C19H20FN3O3. The number of pyridine rings is 1. The summed E-state index contributed by atoms with van der Waals surface area (Å²) in [4.78, 5) is 30.1. The van der Waals surface area contributed by atoms with Gasteiger partial charge in [-0.15, -0.1) is 0 Å². The van der Waals surface area contributed by atoms with E-state index in [0.29, 0.717) is 42.9 Å². The van der Waals surface area contributed by atoms with Crippen LogP contribution >= 0.6 is 0 Å². The van der Waals surface area contributed by atoms with Crippen LogP contribution in [0.3, 0.4) is 0 Å². The number of carbonyl (C=O) groups excluding carboxylic acids is 2. The van der Waals surface area contributed by atoms with Crippen LogP contribution in [0.5, 0.6) is 5.75 Å². The molecule has 2 heterocycles. The van der Waals surface area contributed by atoms with Gasteiger partial charge in [-0.3, -0.25) is 9.59 Å².